The van der Waals surface area contributed by atoms with Crippen LogP contribution in [0, 0.1) is 0 Å². The summed E-state index contributed by atoms with van der Waals surface area (Å²) >= 11 is 1.49. The van der Waals surface area contributed by atoms with Crippen LogP contribution in [0.1, 0.15) is 29.3 Å². The quantitative estimate of drug-likeness (QED) is 0.864. The van der Waals surface area contributed by atoms with Crippen molar-refractivity contribution in [1.29, 1.82) is 0 Å². The number of anilines is 1. The number of carbonyl (C=O) groups is 1. The van der Waals surface area contributed by atoms with Crippen molar-refractivity contribution in [3.05, 3.63) is 59.7 Å². The lowest BCUT2D eigenvalue weighted by Gasteiger charge is -2.13. The number of benzene rings is 2. The van der Waals surface area contributed by atoms with Gasteiger partial charge < -0.3 is 5.32 Å². The van der Waals surface area contributed by atoms with Gasteiger partial charge in [0, 0.05) is 15.8 Å². The van der Waals surface area contributed by atoms with Gasteiger partial charge in [-0.2, -0.15) is 0 Å². The van der Waals surface area contributed by atoms with Crippen molar-refractivity contribution < 1.29 is 13.2 Å². The molecule has 1 amide bonds. The summed E-state index contributed by atoms with van der Waals surface area (Å²) in [6.07, 6.45) is 1.55. The van der Waals surface area contributed by atoms with E-state index in [0.717, 1.165) is 22.6 Å². The van der Waals surface area contributed by atoms with E-state index in [0.29, 0.717) is 12.0 Å². The second kappa shape index (κ2) is 7.62. The molecular formula is C19H21NO3S2. The minimum atomic E-state index is -2.93. The normalized spacial score (nSPS) is 18.8. The van der Waals surface area contributed by atoms with Crippen LogP contribution in [-0.4, -0.2) is 31.1 Å². The highest BCUT2D eigenvalue weighted by atomic mass is 32.2. The summed E-state index contributed by atoms with van der Waals surface area (Å²) in [4.78, 5) is 13.5. The Kier molecular flexibility index (Phi) is 5.49. The zero-order valence-corrected chi connectivity index (χ0v) is 15.7. The summed E-state index contributed by atoms with van der Waals surface area (Å²) in [6, 6.07) is 15.2. The molecule has 0 aliphatic carbocycles. The van der Waals surface area contributed by atoms with Crippen LogP contribution >= 0.6 is 11.8 Å². The molecule has 6 heteroatoms. The molecule has 0 saturated carbocycles. The van der Waals surface area contributed by atoms with E-state index in [-0.39, 0.29) is 22.7 Å². The van der Waals surface area contributed by atoms with Crippen LogP contribution in [-0.2, 0) is 16.3 Å². The summed E-state index contributed by atoms with van der Waals surface area (Å²) in [7, 11) is -2.93. The molecular weight excluding hydrogens is 354 g/mol. The molecule has 3 rings (SSSR count). The number of rotatable bonds is 5. The number of sulfone groups is 1. The van der Waals surface area contributed by atoms with Crippen molar-refractivity contribution in [2.45, 2.75) is 29.9 Å². The van der Waals surface area contributed by atoms with E-state index in [1.807, 2.05) is 42.5 Å². The maximum atomic E-state index is 12.7. The van der Waals surface area contributed by atoms with Gasteiger partial charge >= 0.3 is 0 Å². The van der Waals surface area contributed by atoms with Crippen molar-refractivity contribution in [3.63, 3.8) is 0 Å². The third kappa shape index (κ3) is 4.64. The van der Waals surface area contributed by atoms with Gasteiger partial charge in [0.1, 0.15) is 0 Å². The van der Waals surface area contributed by atoms with Crippen LogP contribution in [0.2, 0.25) is 0 Å². The fraction of sp³-hybridized carbons (Fsp3) is 0.316. The van der Waals surface area contributed by atoms with E-state index >= 15 is 0 Å². The van der Waals surface area contributed by atoms with Crippen molar-refractivity contribution in [2.75, 3.05) is 16.8 Å². The van der Waals surface area contributed by atoms with Gasteiger partial charge in [0.15, 0.2) is 9.84 Å². The molecule has 1 aliphatic heterocycles. The molecule has 0 bridgehead atoms. The van der Waals surface area contributed by atoms with E-state index in [1.165, 1.54) is 11.8 Å². The second-order valence-electron chi connectivity index (χ2n) is 6.15. The Labute approximate surface area is 152 Å². The smallest absolute Gasteiger partial charge is 0.256 e. The molecule has 2 aromatic rings. The van der Waals surface area contributed by atoms with Gasteiger partial charge in [-0.25, -0.2) is 8.42 Å². The first-order valence-electron chi connectivity index (χ1n) is 8.33. The Bertz CT molecular complexity index is 878. The first-order valence-corrected chi connectivity index (χ1v) is 11.0. The lowest BCUT2D eigenvalue weighted by molar-refractivity contribution is 0.102. The highest BCUT2D eigenvalue weighted by molar-refractivity contribution is 8.02. The van der Waals surface area contributed by atoms with E-state index in [4.69, 9.17) is 0 Å². The molecule has 0 spiro atoms. The summed E-state index contributed by atoms with van der Waals surface area (Å²) in [5.41, 5.74) is 2.52. The first-order chi connectivity index (χ1) is 12.0. The molecule has 1 saturated heterocycles. The number of hydrogen-bond acceptors (Lipinski definition) is 4. The lowest BCUT2D eigenvalue weighted by atomic mass is 10.1. The SMILES string of the molecule is CCc1cccc(NC(=O)c2ccccc2S[C@@H]2CCS(=O)(=O)C2)c1. The highest BCUT2D eigenvalue weighted by Crippen LogP contribution is 2.33. The minimum Gasteiger partial charge on any atom is -0.322 e. The molecule has 1 atom stereocenters. The van der Waals surface area contributed by atoms with E-state index in [1.54, 1.807) is 6.07 Å². The summed E-state index contributed by atoms with van der Waals surface area (Å²) in [5.74, 6) is 0.256. The molecule has 4 nitrogen and oxygen atoms in total. The number of aryl methyl sites for hydroxylation is 1. The highest BCUT2D eigenvalue weighted by Gasteiger charge is 2.29. The Morgan fingerprint density at radius 3 is 2.72 bits per heavy atom. The van der Waals surface area contributed by atoms with Gasteiger partial charge in [-0.05, 0) is 42.7 Å². The average molecular weight is 376 g/mol. The Hall–Kier alpha value is -1.79. The van der Waals surface area contributed by atoms with Crippen LogP contribution < -0.4 is 5.32 Å². The van der Waals surface area contributed by atoms with Gasteiger partial charge in [-0.1, -0.05) is 31.2 Å². The molecule has 0 aromatic heterocycles. The second-order valence-corrected chi connectivity index (χ2v) is 9.72. The fourth-order valence-electron chi connectivity index (χ4n) is 2.86. The van der Waals surface area contributed by atoms with E-state index in [9.17, 15) is 13.2 Å². The average Bonchev–Trinajstić information content (AvgIpc) is 2.94. The van der Waals surface area contributed by atoms with Crippen LogP contribution in [0.25, 0.3) is 0 Å². The van der Waals surface area contributed by atoms with Gasteiger partial charge in [0.25, 0.3) is 5.91 Å². The molecule has 1 N–H and O–H groups in total. The lowest BCUT2D eigenvalue weighted by Crippen LogP contribution is -2.14. The van der Waals surface area contributed by atoms with Gasteiger partial charge in [0.2, 0.25) is 0 Å². The van der Waals surface area contributed by atoms with Crippen molar-refractivity contribution >= 4 is 33.2 Å². The third-order valence-electron chi connectivity index (χ3n) is 4.21. The topological polar surface area (TPSA) is 63.2 Å². The van der Waals surface area contributed by atoms with Crippen molar-refractivity contribution in [1.82, 2.24) is 0 Å². The van der Waals surface area contributed by atoms with Gasteiger partial charge in [0.05, 0.1) is 17.1 Å². The largest absolute Gasteiger partial charge is 0.322 e. The first kappa shape index (κ1) is 18.0. The van der Waals surface area contributed by atoms with Gasteiger partial charge in [-0.3, -0.25) is 4.79 Å². The maximum Gasteiger partial charge on any atom is 0.256 e. The molecule has 0 radical (unpaired) electrons. The standard InChI is InChI=1S/C19H21NO3S2/c1-2-14-6-5-7-15(12-14)20-19(21)17-8-3-4-9-18(17)24-16-10-11-25(22,23)13-16/h3-9,12,16H,2,10-11,13H2,1H3,(H,20,21)/t16-/m1/s1. The van der Waals surface area contributed by atoms with Crippen LogP contribution in [0.15, 0.2) is 53.4 Å². The predicted molar refractivity (Wildman–Crippen MR) is 103 cm³/mol. The summed E-state index contributed by atoms with van der Waals surface area (Å²) in [6.45, 7) is 2.07. The summed E-state index contributed by atoms with van der Waals surface area (Å²) in [5, 5.41) is 2.96. The van der Waals surface area contributed by atoms with Crippen molar-refractivity contribution in [3.8, 4) is 0 Å². The van der Waals surface area contributed by atoms with Gasteiger partial charge in [-0.15, -0.1) is 11.8 Å². The Balaban J connectivity index is 1.76. The zero-order valence-electron chi connectivity index (χ0n) is 14.1. The predicted octanol–water partition coefficient (Wildman–Crippen LogP) is 3.78. The molecule has 1 fully saturated rings. The zero-order chi connectivity index (χ0) is 17.9. The number of amides is 1. The third-order valence-corrected chi connectivity index (χ3v) is 7.53. The monoisotopic (exact) mass is 375 g/mol. The molecule has 2 aromatic carbocycles. The number of thioether (sulfide) groups is 1. The number of hydrogen-bond donors (Lipinski definition) is 1. The van der Waals surface area contributed by atoms with Crippen molar-refractivity contribution in [2.24, 2.45) is 0 Å². The van der Waals surface area contributed by atoms with Crippen LogP contribution in [0.5, 0.6) is 0 Å². The van der Waals surface area contributed by atoms with Crippen LogP contribution in [0.3, 0.4) is 0 Å². The van der Waals surface area contributed by atoms with E-state index in [2.05, 4.69) is 12.2 Å². The Morgan fingerprint density at radius 2 is 2.00 bits per heavy atom. The number of nitrogens with one attached hydrogen (secondary N) is 1. The molecule has 25 heavy (non-hydrogen) atoms. The van der Waals surface area contributed by atoms with E-state index < -0.39 is 9.84 Å². The Morgan fingerprint density at radius 1 is 1.20 bits per heavy atom. The molecule has 132 valence electrons. The fourth-order valence-corrected chi connectivity index (χ4v) is 6.48. The van der Waals surface area contributed by atoms with Crippen LogP contribution in [0.4, 0.5) is 5.69 Å². The molecule has 1 aliphatic rings. The maximum absolute atomic E-state index is 12.7. The minimum absolute atomic E-state index is 0.0161. The summed E-state index contributed by atoms with van der Waals surface area (Å²) < 4.78 is 23.3. The number of carbonyl (C=O) groups excluding carboxylic acids is 1. The molecule has 1 heterocycles. The molecule has 0 unspecified atom stereocenters.